The summed E-state index contributed by atoms with van der Waals surface area (Å²) in [6.07, 6.45) is 0. The SMILES string of the molecule is O=C(Nc1cccc(C(=O)O)c1)Nc1ccccc1[N+](=O)[O-]. The van der Waals surface area contributed by atoms with Crippen LogP contribution in [-0.2, 0) is 0 Å². The molecule has 0 atom stereocenters. The topological polar surface area (TPSA) is 122 Å². The first kappa shape index (κ1) is 15.0. The van der Waals surface area contributed by atoms with E-state index in [4.69, 9.17) is 5.11 Å². The molecular weight excluding hydrogens is 290 g/mol. The minimum absolute atomic E-state index is 0.0171. The summed E-state index contributed by atoms with van der Waals surface area (Å²) in [5.74, 6) is -1.12. The van der Waals surface area contributed by atoms with Gasteiger partial charge in [0.15, 0.2) is 0 Å². The summed E-state index contributed by atoms with van der Waals surface area (Å²) in [4.78, 5) is 32.9. The van der Waals surface area contributed by atoms with Crippen molar-refractivity contribution in [2.45, 2.75) is 0 Å². The lowest BCUT2D eigenvalue weighted by atomic mass is 10.2. The highest BCUT2D eigenvalue weighted by atomic mass is 16.6. The van der Waals surface area contributed by atoms with Gasteiger partial charge in [0.25, 0.3) is 5.69 Å². The number of amides is 2. The molecule has 2 amide bonds. The normalized spacial score (nSPS) is 9.82. The molecule has 8 heteroatoms. The summed E-state index contributed by atoms with van der Waals surface area (Å²) < 4.78 is 0. The number of para-hydroxylation sites is 2. The molecule has 2 aromatic rings. The van der Waals surface area contributed by atoms with Gasteiger partial charge in [-0.1, -0.05) is 18.2 Å². The number of carbonyl (C=O) groups excluding carboxylic acids is 1. The Morgan fingerprint density at radius 2 is 1.77 bits per heavy atom. The van der Waals surface area contributed by atoms with Crippen LogP contribution in [0.2, 0.25) is 0 Å². The van der Waals surface area contributed by atoms with E-state index in [9.17, 15) is 19.7 Å². The van der Waals surface area contributed by atoms with Gasteiger partial charge in [-0.25, -0.2) is 9.59 Å². The van der Waals surface area contributed by atoms with Crippen LogP contribution in [0.25, 0.3) is 0 Å². The number of nitrogens with one attached hydrogen (secondary N) is 2. The number of nitro benzene ring substituents is 1. The van der Waals surface area contributed by atoms with E-state index in [0.717, 1.165) is 0 Å². The van der Waals surface area contributed by atoms with Crippen LogP contribution in [0.1, 0.15) is 10.4 Å². The molecule has 0 bridgehead atoms. The predicted octanol–water partition coefficient (Wildman–Crippen LogP) is 2.94. The summed E-state index contributed by atoms with van der Waals surface area (Å²) in [6, 6.07) is 10.6. The van der Waals surface area contributed by atoms with Crippen molar-refractivity contribution in [2.24, 2.45) is 0 Å². The highest BCUT2D eigenvalue weighted by Crippen LogP contribution is 2.23. The summed E-state index contributed by atoms with van der Waals surface area (Å²) >= 11 is 0. The van der Waals surface area contributed by atoms with Crippen molar-refractivity contribution in [3.8, 4) is 0 Å². The van der Waals surface area contributed by atoms with Gasteiger partial charge >= 0.3 is 12.0 Å². The van der Waals surface area contributed by atoms with Crippen molar-refractivity contribution >= 4 is 29.1 Å². The van der Waals surface area contributed by atoms with Crippen LogP contribution in [0.5, 0.6) is 0 Å². The number of carboxylic acids is 1. The molecule has 8 nitrogen and oxygen atoms in total. The quantitative estimate of drug-likeness (QED) is 0.592. The van der Waals surface area contributed by atoms with E-state index in [1.54, 1.807) is 6.07 Å². The van der Waals surface area contributed by atoms with E-state index in [-0.39, 0.29) is 22.6 Å². The number of hydrogen-bond acceptors (Lipinski definition) is 4. The number of hydrogen-bond donors (Lipinski definition) is 3. The molecule has 0 saturated carbocycles. The van der Waals surface area contributed by atoms with Crippen LogP contribution in [0, 0.1) is 10.1 Å². The van der Waals surface area contributed by atoms with Crippen LogP contribution in [-0.4, -0.2) is 22.0 Å². The Bertz CT molecular complexity index is 745. The third kappa shape index (κ3) is 3.57. The van der Waals surface area contributed by atoms with Crippen LogP contribution >= 0.6 is 0 Å². The minimum atomic E-state index is -1.12. The molecule has 0 aromatic heterocycles. The van der Waals surface area contributed by atoms with Gasteiger partial charge in [0.2, 0.25) is 0 Å². The average Bonchev–Trinajstić information content (AvgIpc) is 2.47. The Morgan fingerprint density at radius 3 is 2.45 bits per heavy atom. The lowest BCUT2D eigenvalue weighted by Crippen LogP contribution is -2.20. The van der Waals surface area contributed by atoms with Gasteiger partial charge in [0, 0.05) is 11.8 Å². The maximum atomic E-state index is 11.8. The van der Waals surface area contributed by atoms with Crippen LogP contribution in [0.4, 0.5) is 21.9 Å². The van der Waals surface area contributed by atoms with E-state index in [1.807, 2.05) is 0 Å². The summed E-state index contributed by atoms with van der Waals surface area (Å²) in [7, 11) is 0. The molecule has 112 valence electrons. The number of nitrogens with zero attached hydrogens (tertiary/aromatic N) is 1. The zero-order chi connectivity index (χ0) is 16.1. The van der Waals surface area contributed by atoms with E-state index >= 15 is 0 Å². The molecule has 2 rings (SSSR count). The molecule has 0 heterocycles. The Morgan fingerprint density at radius 1 is 1.05 bits per heavy atom. The van der Waals surface area contributed by atoms with Gasteiger partial charge in [-0.2, -0.15) is 0 Å². The maximum Gasteiger partial charge on any atom is 0.335 e. The summed E-state index contributed by atoms with van der Waals surface area (Å²) in [5.41, 5.74) is 0.0794. The van der Waals surface area contributed by atoms with Crippen molar-refractivity contribution in [2.75, 3.05) is 10.6 Å². The van der Waals surface area contributed by atoms with Gasteiger partial charge < -0.3 is 15.7 Å². The molecule has 2 aromatic carbocycles. The highest BCUT2D eigenvalue weighted by molar-refractivity contribution is 6.01. The number of anilines is 2. The molecule has 0 radical (unpaired) electrons. The largest absolute Gasteiger partial charge is 0.478 e. The molecule has 0 spiro atoms. The standard InChI is InChI=1S/C14H11N3O5/c18-13(19)9-4-3-5-10(8-9)15-14(20)16-11-6-1-2-7-12(11)17(21)22/h1-8H,(H,18,19)(H2,15,16,20). The average molecular weight is 301 g/mol. The zero-order valence-corrected chi connectivity index (χ0v) is 11.1. The second-order valence-electron chi connectivity index (χ2n) is 4.24. The first-order valence-electron chi connectivity index (χ1n) is 6.12. The van der Waals surface area contributed by atoms with Crippen molar-refractivity contribution < 1.29 is 19.6 Å². The molecule has 0 aliphatic rings. The highest BCUT2D eigenvalue weighted by Gasteiger charge is 2.14. The fourth-order valence-corrected chi connectivity index (χ4v) is 1.75. The minimum Gasteiger partial charge on any atom is -0.478 e. The van der Waals surface area contributed by atoms with Crippen LogP contribution in [0.3, 0.4) is 0 Å². The van der Waals surface area contributed by atoms with Gasteiger partial charge in [-0.15, -0.1) is 0 Å². The number of benzene rings is 2. The van der Waals surface area contributed by atoms with Crippen molar-refractivity contribution in [1.29, 1.82) is 0 Å². The fourth-order valence-electron chi connectivity index (χ4n) is 1.75. The second-order valence-corrected chi connectivity index (χ2v) is 4.24. The van der Waals surface area contributed by atoms with Crippen molar-refractivity contribution in [3.05, 3.63) is 64.2 Å². The molecule has 3 N–H and O–H groups in total. The lowest BCUT2D eigenvalue weighted by molar-refractivity contribution is -0.383. The van der Waals surface area contributed by atoms with Crippen molar-refractivity contribution in [1.82, 2.24) is 0 Å². The van der Waals surface area contributed by atoms with Gasteiger partial charge in [-0.05, 0) is 24.3 Å². The summed E-state index contributed by atoms with van der Waals surface area (Å²) in [6.45, 7) is 0. The molecule has 0 aliphatic carbocycles. The second kappa shape index (κ2) is 6.35. The Kier molecular flexibility index (Phi) is 4.33. The number of carboxylic acid groups (broad SMARTS) is 1. The number of nitro groups is 1. The Hall–Kier alpha value is -3.42. The summed E-state index contributed by atoms with van der Waals surface area (Å²) in [5, 5.41) is 24.5. The molecule has 0 saturated heterocycles. The predicted molar refractivity (Wildman–Crippen MR) is 79.1 cm³/mol. The maximum absolute atomic E-state index is 11.8. The Labute approximate surface area is 124 Å². The zero-order valence-electron chi connectivity index (χ0n) is 11.1. The number of aromatic carboxylic acids is 1. The molecule has 0 unspecified atom stereocenters. The smallest absolute Gasteiger partial charge is 0.335 e. The number of rotatable bonds is 4. The fraction of sp³-hybridized carbons (Fsp3) is 0. The van der Waals surface area contributed by atoms with E-state index < -0.39 is 16.9 Å². The monoisotopic (exact) mass is 301 g/mol. The molecular formula is C14H11N3O5. The van der Waals surface area contributed by atoms with Crippen molar-refractivity contribution in [3.63, 3.8) is 0 Å². The van der Waals surface area contributed by atoms with E-state index in [2.05, 4.69) is 10.6 Å². The van der Waals surface area contributed by atoms with Gasteiger partial charge in [0.1, 0.15) is 5.69 Å². The number of urea groups is 1. The number of carbonyl (C=O) groups is 2. The Balaban J connectivity index is 2.12. The third-order valence-corrected chi connectivity index (χ3v) is 2.72. The van der Waals surface area contributed by atoms with Crippen LogP contribution in [0.15, 0.2) is 48.5 Å². The van der Waals surface area contributed by atoms with Gasteiger partial charge in [0.05, 0.1) is 10.5 Å². The molecule has 22 heavy (non-hydrogen) atoms. The lowest BCUT2D eigenvalue weighted by Gasteiger charge is -2.08. The van der Waals surface area contributed by atoms with E-state index in [0.29, 0.717) is 0 Å². The first-order valence-corrected chi connectivity index (χ1v) is 6.12. The van der Waals surface area contributed by atoms with E-state index in [1.165, 1.54) is 42.5 Å². The van der Waals surface area contributed by atoms with Crippen LogP contribution < -0.4 is 10.6 Å². The molecule has 0 fully saturated rings. The molecule has 0 aliphatic heterocycles. The van der Waals surface area contributed by atoms with Gasteiger partial charge in [-0.3, -0.25) is 10.1 Å². The third-order valence-electron chi connectivity index (χ3n) is 2.72. The first-order chi connectivity index (χ1) is 10.5.